The molecule has 1 aromatic carbocycles. The van der Waals surface area contributed by atoms with Crippen LogP contribution in [-0.4, -0.2) is 12.0 Å². The van der Waals surface area contributed by atoms with Crippen molar-refractivity contribution in [2.45, 2.75) is 26.2 Å². The van der Waals surface area contributed by atoms with E-state index in [1.807, 2.05) is 7.05 Å². The summed E-state index contributed by atoms with van der Waals surface area (Å²) < 4.78 is 0. The fourth-order valence-electron chi connectivity index (χ4n) is 1.81. The number of benzene rings is 1. The number of hydrogen-bond donors (Lipinski definition) is 1. The molecule has 1 aromatic heterocycles. The molecule has 90 valence electrons. The first-order valence-corrected chi connectivity index (χ1v) is 6.89. The fraction of sp³-hybridized carbons (Fsp3) is 0.357. The lowest BCUT2D eigenvalue weighted by Gasteiger charge is -2.02. The molecule has 0 saturated carbocycles. The fourth-order valence-corrected chi connectivity index (χ4v) is 2.68. The van der Waals surface area contributed by atoms with Crippen LogP contribution in [0.25, 0.3) is 0 Å². The number of anilines is 1. The summed E-state index contributed by atoms with van der Waals surface area (Å²) in [5, 5.41) is 6.55. The monoisotopic (exact) mass is 246 g/mol. The number of nitrogens with one attached hydrogen (secondary N) is 1. The van der Waals surface area contributed by atoms with Gasteiger partial charge >= 0.3 is 0 Å². The van der Waals surface area contributed by atoms with Gasteiger partial charge in [-0.2, -0.15) is 0 Å². The predicted molar refractivity (Wildman–Crippen MR) is 74.9 cm³/mol. The van der Waals surface area contributed by atoms with Gasteiger partial charge in [-0.15, -0.1) is 11.3 Å². The van der Waals surface area contributed by atoms with Crippen molar-refractivity contribution >= 4 is 17.0 Å². The molecule has 2 rings (SSSR count). The Kier molecular flexibility index (Phi) is 4.15. The van der Waals surface area contributed by atoms with Crippen LogP contribution in [0.5, 0.6) is 0 Å². The van der Waals surface area contributed by atoms with E-state index in [-0.39, 0.29) is 0 Å². The van der Waals surface area contributed by atoms with Crippen LogP contribution in [0, 0.1) is 0 Å². The first-order valence-electron chi connectivity index (χ1n) is 6.01. The van der Waals surface area contributed by atoms with Crippen molar-refractivity contribution in [1.29, 1.82) is 0 Å². The van der Waals surface area contributed by atoms with Crippen molar-refractivity contribution in [3.05, 3.63) is 45.9 Å². The zero-order chi connectivity index (χ0) is 12.1. The molecule has 0 radical (unpaired) electrons. The summed E-state index contributed by atoms with van der Waals surface area (Å²) in [6.45, 7) is 2.19. The van der Waals surface area contributed by atoms with Crippen molar-refractivity contribution in [2.75, 3.05) is 12.4 Å². The molecular weight excluding hydrogens is 228 g/mol. The van der Waals surface area contributed by atoms with Crippen LogP contribution in [0.4, 0.5) is 5.69 Å². The van der Waals surface area contributed by atoms with Crippen LogP contribution in [0.1, 0.15) is 29.6 Å². The maximum atomic E-state index is 4.65. The highest BCUT2D eigenvalue weighted by Gasteiger charge is 2.03. The summed E-state index contributed by atoms with van der Waals surface area (Å²) in [5.74, 6) is 0. The largest absolute Gasteiger partial charge is 0.388 e. The third-order valence-corrected chi connectivity index (χ3v) is 3.57. The topological polar surface area (TPSA) is 24.9 Å². The van der Waals surface area contributed by atoms with Crippen LogP contribution in [0.3, 0.4) is 0 Å². The van der Waals surface area contributed by atoms with Crippen LogP contribution < -0.4 is 5.32 Å². The number of nitrogens with zero attached hydrogens (tertiary/aromatic N) is 1. The van der Waals surface area contributed by atoms with E-state index < -0.39 is 0 Å². The van der Waals surface area contributed by atoms with Gasteiger partial charge in [0.25, 0.3) is 0 Å². The Morgan fingerprint density at radius 2 is 2.24 bits per heavy atom. The number of aromatic nitrogens is 1. The van der Waals surface area contributed by atoms with Gasteiger partial charge < -0.3 is 5.32 Å². The van der Waals surface area contributed by atoms with Gasteiger partial charge in [0.05, 0.1) is 10.7 Å². The van der Waals surface area contributed by atoms with E-state index in [1.54, 1.807) is 11.3 Å². The van der Waals surface area contributed by atoms with Gasteiger partial charge in [-0.05, 0) is 24.1 Å². The van der Waals surface area contributed by atoms with Gasteiger partial charge in [0.2, 0.25) is 0 Å². The highest BCUT2D eigenvalue weighted by atomic mass is 32.1. The molecule has 2 aromatic rings. The number of thiazole rings is 1. The minimum Gasteiger partial charge on any atom is -0.388 e. The third-order valence-electron chi connectivity index (χ3n) is 2.68. The highest BCUT2D eigenvalue weighted by molar-refractivity contribution is 7.09. The molecule has 0 unspecified atom stereocenters. The van der Waals surface area contributed by atoms with Gasteiger partial charge in [0, 0.05) is 24.5 Å². The summed E-state index contributed by atoms with van der Waals surface area (Å²) in [6.07, 6.45) is 3.19. The zero-order valence-electron chi connectivity index (χ0n) is 10.4. The van der Waals surface area contributed by atoms with E-state index >= 15 is 0 Å². The SMILES string of the molecule is CCCc1csc(Cc2cccc(NC)c2)n1. The summed E-state index contributed by atoms with van der Waals surface area (Å²) >= 11 is 1.77. The van der Waals surface area contributed by atoms with Crippen molar-refractivity contribution < 1.29 is 0 Å². The maximum absolute atomic E-state index is 4.65. The molecule has 17 heavy (non-hydrogen) atoms. The molecule has 0 bridgehead atoms. The van der Waals surface area contributed by atoms with E-state index in [2.05, 4.69) is 46.9 Å². The predicted octanol–water partition coefficient (Wildman–Crippen LogP) is 3.73. The van der Waals surface area contributed by atoms with Crippen LogP contribution in [0.15, 0.2) is 29.6 Å². The molecular formula is C14H18N2S. The van der Waals surface area contributed by atoms with Crippen molar-refractivity contribution in [3.63, 3.8) is 0 Å². The molecule has 0 spiro atoms. The lowest BCUT2D eigenvalue weighted by atomic mass is 10.1. The van der Waals surface area contributed by atoms with Crippen molar-refractivity contribution in [1.82, 2.24) is 4.98 Å². The Morgan fingerprint density at radius 3 is 3.00 bits per heavy atom. The molecule has 3 heteroatoms. The third kappa shape index (κ3) is 3.30. The average molecular weight is 246 g/mol. The standard InChI is InChI=1S/C14H18N2S/c1-3-5-13-10-17-14(16-13)9-11-6-4-7-12(8-11)15-2/h4,6-8,10,15H,3,5,9H2,1-2H3. The van der Waals surface area contributed by atoms with Crippen molar-refractivity contribution in [2.24, 2.45) is 0 Å². The summed E-state index contributed by atoms with van der Waals surface area (Å²) in [6, 6.07) is 8.50. The Hall–Kier alpha value is -1.35. The van der Waals surface area contributed by atoms with Gasteiger partial charge in [-0.3, -0.25) is 0 Å². The molecule has 0 aliphatic rings. The van der Waals surface area contributed by atoms with Gasteiger partial charge in [-0.25, -0.2) is 4.98 Å². The normalized spacial score (nSPS) is 10.5. The van der Waals surface area contributed by atoms with E-state index in [0.717, 1.165) is 18.5 Å². The summed E-state index contributed by atoms with van der Waals surface area (Å²) in [7, 11) is 1.95. The minimum absolute atomic E-state index is 0.934. The van der Waals surface area contributed by atoms with Gasteiger partial charge in [0.1, 0.15) is 0 Å². The lowest BCUT2D eigenvalue weighted by Crippen LogP contribution is -1.92. The Morgan fingerprint density at radius 1 is 1.35 bits per heavy atom. The van der Waals surface area contributed by atoms with Crippen molar-refractivity contribution in [3.8, 4) is 0 Å². The first-order chi connectivity index (χ1) is 8.31. The number of aryl methyl sites for hydroxylation is 1. The molecule has 2 nitrogen and oxygen atoms in total. The maximum Gasteiger partial charge on any atom is 0.0972 e. The number of rotatable bonds is 5. The van der Waals surface area contributed by atoms with Crippen LogP contribution >= 0.6 is 11.3 Å². The Balaban J connectivity index is 2.08. The second-order valence-electron chi connectivity index (χ2n) is 4.11. The Labute approximate surface area is 107 Å². The number of hydrogen-bond acceptors (Lipinski definition) is 3. The highest BCUT2D eigenvalue weighted by Crippen LogP contribution is 2.18. The molecule has 1 heterocycles. The van der Waals surface area contributed by atoms with E-state index in [4.69, 9.17) is 0 Å². The molecule has 0 amide bonds. The molecule has 0 saturated heterocycles. The summed E-state index contributed by atoms with van der Waals surface area (Å²) in [4.78, 5) is 4.65. The average Bonchev–Trinajstić information content (AvgIpc) is 2.77. The molecule has 0 fully saturated rings. The molecule has 0 aliphatic carbocycles. The smallest absolute Gasteiger partial charge is 0.0972 e. The van der Waals surface area contributed by atoms with Crippen LogP contribution in [0.2, 0.25) is 0 Å². The van der Waals surface area contributed by atoms with E-state index in [9.17, 15) is 0 Å². The summed E-state index contributed by atoms with van der Waals surface area (Å²) in [5.41, 5.74) is 3.71. The molecule has 0 atom stereocenters. The quantitative estimate of drug-likeness (QED) is 0.869. The minimum atomic E-state index is 0.934. The first kappa shape index (κ1) is 12.1. The van der Waals surface area contributed by atoms with Gasteiger partial charge in [-0.1, -0.05) is 25.5 Å². The molecule has 1 N–H and O–H groups in total. The second kappa shape index (κ2) is 5.82. The second-order valence-corrected chi connectivity index (χ2v) is 5.05. The zero-order valence-corrected chi connectivity index (χ0v) is 11.2. The van der Waals surface area contributed by atoms with E-state index in [1.165, 1.54) is 22.7 Å². The van der Waals surface area contributed by atoms with Gasteiger partial charge in [0.15, 0.2) is 0 Å². The van der Waals surface area contributed by atoms with Crippen LogP contribution in [-0.2, 0) is 12.8 Å². The molecule has 0 aliphatic heterocycles. The lowest BCUT2D eigenvalue weighted by molar-refractivity contribution is 0.883. The Bertz CT molecular complexity index is 477. The van der Waals surface area contributed by atoms with E-state index in [0.29, 0.717) is 0 Å².